The molecule has 1 atom stereocenters. The zero-order chi connectivity index (χ0) is 5.86. The van der Waals surface area contributed by atoms with E-state index in [-0.39, 0.29) is 6.23 Å². The van der Waals surface area contributed by atoms with Crippen LogP contribution in [-0.4, -0.2) is 30.3 Å². The molecule has 1 unspecified atom stereocenters. The first kappa shape index (κ1) is 6.92. The van der Waals surface area contributed by atoms with Crippen molar-refractivity contribution >= 4 is 0 Å². The third-order valence-electron chi connectivity index (χ3n) is 0.827. The molecule has 0 heterocycles. The van der Waals surface area contributed by atoms with E-state index in [1.165, 1.54) is 0 Å². The zero-order valence-electron chi connectivity index (χ0n) is 5.05. The summed E-state index contributed by atoms with van der Waals surface area (Å²) in [6.07, 6.45) is 1.33. The van der Waals surface area contributed by atoms with Crippen molar-refractivity contribution in [1.29, 1.82) is 0 Å². The molecule has 7 heavy (non-hydrogen) atoms. The summed E-state index contributed by atoms with van der Waals surface area (Å²) in [4.78, 5) is 1.72. The Bertz CT molecular complexity index is 45.3. The van der Waals surface area contributed by atoms with Crippen molar-refractivity contribution in [3.8, 4) is 0 Å². The lowest BCUT2D eigenvalue weighted by atomic mass is 10.4. The molecule has 0 spiro atoms. The van der Waals surface area contributed by atoms with E-state index in [0.717, 1.165) is 0 Å². The molecule has 0 aromatic rings. The quantitative estimate of drug-likeness (QED) is 0.499. The van der Waals surface area contributed by atoms with Gasteiger partial charge in [-0.3, -0.25) is 4.90 Å². The van der Waals surface area contributed by atoms with Crippen molar-refractivity contribution in [3.05, 3.63) is 6.42 Å². The fraction of sp³-hybridized carbons (Fsp3) is 0.800. The van der Waals surface area contributed by atoms with Crippen molar-refractivity contribution in [2.45, 2.75) is 13.2 Å². The predicted molar refractivity (Wildman–Crippen MR) is 29.7 cm³/mol. The highest BCUT2D eigenvalue weighted by molar-refractivity contribution is 4.64. The standard InChI is InChI=1S/C5H12NO/c1-4-5(7)6(2)3/h4-5,7H,1-3H3. The van der Waals surface area contributed by atoms with Crippen LogP contribution >= 0.6 is 0 Å². The molecule has 2 heteroatoms. The number of aliphatic hydroxyl groups excluding tert-OH is 1. The van der Waals surface area contributed by atoms with Crippen molar-refractivity contribution in [3.63, 3.8) is 0 Å². The summed E-state index contributed by atoms with van der Waals surface area (Å²) in [5, 5.41) is 8.81. The molecule has 0 aromatic carbocycles. The zero-order valence-corrected chi connectivity index (χ0v) is 5.05. The van der Waals surface area contributed by atoms with Crippen molar-refractivity contribution in [2.75, 3.05) is 14.1 Å². The second-order valence-electron chi connectivity index (χ2n) is 1.71. The highest BCUT2D eigenvalue weighted by Crippen LogP contribution is 1.88. The maximum atomic E-state index is 8.81. The Morgan fingerprint density at radius 3 is 2.00 bits per heavy atom. The first-order valence-corrected chi connectivity index (χ1v) is 2.32. The largest absolute Gasteiger partial charge is 0.378 e. The summed E-state index contributed by atoms with van der Waals surface area (Å²) >= 11 is 0. The van der Waals surface area contributed by atoms with Gasteiger partial charge in [0.05, 0.1) is 0 Å². The Morgan fingerprint density at radius 2 is 2.00 bits per heavy atom. The van der Waals surface area contributed by atoms with Crippen molar-refractivity contribution in [1.82, 2.24) is 4.90 Å². The van der Waals surface area contributed by atoms with Crippen LogP contribution in [0.3, 0.4) is 0 Å². The lowest BCUT2D eigenvalue weighted by Gasteiger charge is -2.14. The summed E-state index contributed by atoms with van der Waals surface area (Å²) in [6.45, 7) is 1.82. The number of rotatable bonds is 2. The highest BCUT2D eigenvalue weighted by atomic mass is 16.3. The van der Waals surface area contributed by atoms with Crippen molar-refractivity contribution in [2.24, 2.45) is 0 Å². The van der Waals surface area contributed by atoms with E-state index in [1.807, 2.05) is 21.0 Å². The Morgan fingerprint density at radius 1 is 1.57 bits per heavy atom. The molecule has 0 saturated heterocycles. The molecule has 0 amide bonds. The fourth-order valence-corrected chi connectivity index (χ4v) is 0.298. The lowest BCUT2D eigenvalue weighted by Crippen LogP contribution is -2.26. The van der Waals surface area contributed by atoms with Crippen LogP contribution in [0.4, 0.5) is 0 Å². The minimum Gasteiger partial charge on any atom is -0.378 e. The third-order valence-corrected chi connectivity index (χ3v) is 0.827. The van der Waals surface area contributed by atoms with Crippen LogP contribution in [-0.2, 0) is 0 Å². The SMILES string of the molecule is C[CH]C(O)N(C)C. The average molecular weight is 102 g/mol. The van der Waals surface area contributed by atoms with Gasteiger partial charge in [0.15, 0.2) is 0 Å². The van der Waals surface area contributed by atoms with Crippen LogP contribution in [0.25, 0.3) is 0 Å². The molecule has 1 N–H and O–H groups in total. The topological polar surface area (TPSA) is 23.5 Å². The minimum atomic E-state index is -0.389. The van der Waals surface area contributed by atoms with E-state index in [4.69, 9.17) is 5.11 Å². The van der Waals surface area contributed by atoms with Crippen molar-refractivity contribution < 1.29 is 5.11 Å². The maximum Gasteiger partial charge on any atom is 0.109 e. The van der Waals surface area contributed by atoms with E-state index in [2.05, 4.69) is 0 Å². The van der Waals surface area contributed by atoms with Gasteiger partial charge < -0.3 is 5.11 Å². The summed E-state index contributed by atoms with van der Waals surface area (Å²) < 4.78 is 0. The van der Waals surface area contributed by atoms with Gasteiger partial charge >= 0.3 is 0 Å². The van der Waals surface area contributed by atoms with Gasteiger partial charge in [-0.15, -0.1) is 0 Å². The first-order valence-electron chi connectivity index (χ1n) is 2.32. The van der Waals surface area contributed by atoms with E-state index in [0.29, 0.717) is 0 Å². The van der Waals surface area contributed by atoms with Crippen LogP contribution in [0.5, 0.6) is 0 Å². The summed E-state index contributed by atoms with van der Waals surface area (Å²) in [5.74, 6) is 0. The van der Waals surface area contributed by atoms with Crippen LogP contribution in [0, 0.1) is 6.42 Å². The number of hydrogen-bond acceptors (Lipinski definition) is 2. The molecule has 0 aliphatic carbocycles. The van der Waals surface area contributed by atoms with E-state index in [9.17, 15) is 0 Å². The first-order chi connectivity index (χ1) is 3.18. The summed E-state index contributed by atoms with van der Waals surface area (Å²) in [7, 11) is 3.65. The van der Waals surface area contributed by atoms with Gasteiger partial charge in [-0.05, 0) is 14.1 Å². The van der Waals surface area contributed by atoms with Crippen LogP contribution in [0.2, 0.25) is 0 Å². The van der Waals surface area contributed by atoms with Gasteiger partial charge in [0, 0.05) is 6.42 Å². The molecule has 0 saturated carbocycles. The van der Waals surface area contributed by atoms with E-state index < -0.39 is 0 Å². The van der Waals surface area contributed by atoms with Gasteiger partial charge in [-0.2, -0.15) is 0 Å². The monoisotopic (exact) mass is 102 g/mol. The number of aliphatic hydroxyl groups is 1. The van der Waals surface area contributed by atoms with Gasteiger partial charge in [-0.1, -0.05) is 6.92 Å². The number of nitrogens with zero attached hydrogens (tertiary/aromatic N) is 1. The molecule has 2 nitrogen and oxygen atoms in total. The second-order valence-corrected chi connectivity index (χ2v) is 1.71. The highest BCUT2D eigenvalue weighted by Gasteiger charge is 1.99. The lowest BCUT2D eigenvalue weighted by molar-refractivity contribution is 0.0697. The van der Waals surface area contributed by atoms with E-state index in [1.54, 1.807) is 11.3 Å². The molecule has 0 rings (SSSR count). The molecular formula is C5H12NO. The van der Waals surface area contributed by atoms with Crippen LogP contribution in [0.15, 0.2) is 0 Å². The molecule has 0 aromatic heterocycles. The summed E-state index contributed by atoms with van der Waals surface area (Å²) in [5.41, 5.74) is 0. The molecule has 43 valence electrons. The Balaban J connectivity index is 3.14. The van der Waals surface area contributed by atoms with Gasteiger partial charge in [0.2, 0.25) is 0 Å². The molecule has 0 fully saturated rings. The van der Waals surface area contributed by atoms with Gasteiger partial charge in [-0.25, -0.2) is 0 Å². The Labute approximate surface area is 44.8 Å². The molecule has 1 radical (unpaired) electrons. The second kappa shape index (κ2) is 2.99. The Kier molecular flexibility index (Phi) is 2.96. The average Bonchev–Trinajstić information content (AvgIpc) is 1.65. The smallest absolute Gasteiger partial charge is 0.109 e. The fourth-order valence-electron chi connectivity index (χ4n) is 0.298. The molecule has 0 bridgehead atoms. The van der Waals surface area contributed by atoms with Crippen LogP contribution < -0.4 is 0 Å². The van der Waals surface area contributed by atoms with Gasteiger partial charge in [0.25, 0.3) is 0 Å². The maximum absolute atomic E-state index is 8.81. The van der Waals surface area contributed by atoms with E-state index >= 15 is 0 Å². The van der Waals surface area contributed by atoms with Gasteiger partial charge in [0.1, 0.15) is 6.23 Å². The third kappa shape index (κ3) is 2.60. The predicted octanol–water partition coefficient (Wildman–Crippen LogP) is 0.0906. The minimum absolute atomic E-state index is 0.389. The normalized spacial score (nSPS) is 15.0. The Hall–Kier alpha value is -0.0800. The molecule has 0 aliphatic heterocycles. The summed E-state index contributed by atoms with van der Waals surface area (Å²) in [6, 6.07) is 0. The molecular weight excluding hydrogens is 90.1 g/mol. The number of hydrogen-bond donors (Lipinski definition) is 1. The van der Waals surface area contributed by atoms with Crippen LogP contribution in [0.1, 0.15) is 6.92 Å². The molecule has 0 aliphatic rings.